The minimum Gasteiger partial charge on any atom is -0.0616 e. The van der Waals surface area contributed by atoms with E-state index in [1.165, 1.54) is 109 Å². The van der Waals surface area contributed by atoms with Crippen LogP contribution < -0.4 is 0 Å². The van der Waals surface area contributed by atoms with E-state index < -0.39 is 0 Å². The molecule has 0 amide bonds. The number of hydrogen-bond donors (Lipinski definition) is 0. The zero-order chi connectivity index (χ0) is 37.0. The quantitative estimate of drug-likeness (QED) is 0.123. The Morgan fingerprint density at radius 3 is 1.20 bits per heavy atom. The Morgan fingerprint density at radius 2 is 0.571 bits per heavy atom. The second-order valence-corrected chi connectivity index (χ2v) is 14.8. The summed E-state index contributed by atoms with van der Waals surface area (Å²) in [7, 11) is 0. The van der Waals surface area contributed by atoms with Gasteiger partial charge in [0.2, 0.25) is 0 Å². The molecular formula is C56H36. The van der Waals surface area contributed by atoms with E-state index in [-0.39, 0.29) is 0 Å². The number of fused-ring (bicyclic) bond motifs is 6. The van der Waals surface area contributed by atoms with Crippen molar-refractivity contribution >= 4 is 53.9 Å². The second-order valence-electron chi connectivity index (χ2n) is 14.8. The SMILES string of the molecule is c1cc(-c2cccc3ccccc23)cc(-c2c3ccccc3c(-c3ccc(-c4ccc(-c5ccc6ccc7ccccc7c6c5)cc4)cc3)c3ccccc23)c1. The zero-order valence-electron chi connectivity index (χ0n) is 30.8. The molecule has 0 nitrogen and oxygen atoms in total. The van der Waals surface area contributed by atoms with Gasteiger partial charge >= 0.3 is 0 Å². The van der Waals surface area contributed by atoms with Crippen LogP contribution in [0.5, 0.6) is 0 Å². The monoisotopic (exact) mass is 708 g/mol. The normalized spacial score (nSPS) is 11.6. The highest BCUT2D eigenvalue weighted by molar-refractivity contribution is 6.21. The van der Waals surface area contributed by atoms with Crippen molar-refractivity contribution in [2.45, 2.75) is 0 Å². The van der Waals surface area contributed by atoms with E-state index in [1.807, 2.05) is 0 Å². The molecule has 0 atom stereocenters. The van der Waals surface area contributed by atoms with Gasteiger partial charge in [-0.25, -0.2) is 0 Å². The van der Waals surface area contributed by atoms with Gasteiger partial charge in [0, 0.05) is 0 Å². The summed E-state index contributed by atoms with van der Waals surface area (Å²) in [5.41, 5.74) is 12.4. The first kappa shape index (κ1) is 32.2. The van der Waals surface area contributed by atoms with Gasteiger partial charge in [0.05, 0.1) is 0 Å². The molecule has 0 aliphatic heterocycles. The van der Waals surface area contributed by atoms with E-state index in [0.29, 0.717) is 0 Å². The largest absolute Gasteiger partial charge is 0.0616 e. The Balaban J connectivity index is 0.974. The second kappa shape index (κ2) is 13.2. The molecule has 11 rings (SSSR count). The summed E-state index contributed by atoms with van der Waals surface area (Å²) in [6.45, 7) is 0. The molecule has 0 spiro atoms. The maximum Gasteiger partial charge on any atom is -0.00262 e. The Morgan fingerprint density at radius 1 is 0.179 bits per heavy atom. The summed E-state index contributed by atoms with van der Waals surface area (Å²) in [6, 6.07) is 80.3. The van der Waals surface area contributed by atoms with E-state index in [2.05, 4.69) is 218 Å². The summed E-state index contributed by atoms with van der Waals surface area (Å²) >= 11 is 0. The van der Waals surface area contributed by atoms with Crippen molar-refractivity contribution < 1.29 is 0 Å². The molecule has 0 radical (unpaired) electrons. The lowest BCUT2D eigenvalue weighted by atomic mass is 9.85. The van der Waals surface area contributed by atoms with Gasteiger partial charge in [0.15, 0.2) is 0 Å². The van der Waals surface area contributed by atoms with E-state index in [0.717, 1.165) is 0 Å². The lowest BCUT2D eigenvalue weighted by Gasteiger charge is -2.18. The molecule has 56 heavy (non-hydrogen) atoms. The standard InChI is InChI=1S/C56H36/c1-3-16-47-40(11-1)13-10-22-49(47)45-14-9-15-46(35-45)56-52-20-7-5-18-50(52)55(51-19-6-8-21-53(51)56)43-32-27-38(28-33-43)37-23-25-39(26-24-37)44-34-31-42-30-29-41-12-2-4-17-48(41)54(42)36-44/h1-36H. The maximum absolute atomic E-state index is 2.37. The van der Waals surface area contributed by atoms with Gasteiger partial charge in [0.1, 0.15) is 0 Å². The maximum atomic E-state index is 2.37. The van der Waals surface area contributed by atoms with Gasteiger partial charge in [-0.05, 0) is 122 Å². The van der Waals surface area contributed by atoms with Crippen molar-refractivity contribution in [1.29, 1.82) is 0 Å². The molecule has 0 saturated heterocycles. The summed E-state index contributed by atoms with van der Waals surface area (Å²) in [6.07, 6.45) is 0. The molecule has 0 bridgehead atoms. The predicted molar refractivity (Wildman–Crippen MR) is 241 cm³/mol. The van der Waals surface area contributed by atoms with Crippen molar-refractivity contribution in [3.63, 3.8) is 0 Å². The molecule has 0 unspecified atom stereocenters. The topological polar surface area (TPSA) is 0 Å². The molecule has 0 N–H and O–H groups in total. The van der Waals surface area contributed by atoms with Gasteiger partial charge in [-0.2, -0.15) is 0 Å². The first-order chi connectivity index (χ1) is 27.8. The Bertz CT molecular complexity index is 3210. The highest BCUT2D eigenvalue weighted by atomic mass is 14.2. The van der Waals surface area contributed by atoms with Crippen molar-refractivity contribution in [1.82, 2.24) is 0 Å². The molecule has 0 heteroatoms. The van der Waals surface area contributed by atoms with Crippen molar-refractivity contribution in [3.05, 3.63) is 218 Å². The van der Waals surface area contributed by atoms with Crippen LogP contribution >= 0.6 is 0 Å². The molecule has 11 aromatic carbocycles. The van der Waals surface area contributed by atoms with E-state index in [9.17, 15) is 0 Å². The van der Waals surface area contributed by atoms with E-state index in [1.54, 1.807) is 0 Å². The molecule has 260 valence electrons. The van der Waals surface area contributed by atoms with Crippen LogP contribution in [0.15, 0.2) is 218 Å². The lowest BCUT2D eigenvalue weighted by Crippen LogP contribution is -1.91. The van der Waals surface area contributed by atoms with Crippen molar-refractivity contribution in [2.75, 3.05) is 0 Å². The number of hydrogen-bond acceptors (Lipinski definition) is 0. The van der Waals surface area contributed by atoms with E-state index in [4.69, 9.17) is 0 Å². The highest BCUT2D eigenvalue weighted by Crippen LogP contribution is 2.45. The molecule has 0 aromatic heterocycles. The average molecular weight is 709 g/mol. The molecular weight excluding hydrogens is 673 g/mol. The fourth-order valence-corrected chi connectivity index (χ4v) is 8.94. The Hall–Kier alpha value is -7.28. The third-order valence-corrected chi connectivity index (χ3v) is 11.7. The van der Waals surface area contributed by atoms with Crippen LogP contribution in [0.2, 0.25) is 0 Å². The summed E-state index contributed by atoms with van der Waals surface area (Å²) in [5.74, 6) is 0. The van der Waals surface area contributed by atoms with Crippen LogP contribution in [0.25, 0.3) is 109 Å². The Kier molecular flexibility index (Phi) is 7.60. The molecule has 0 aliphatic rings. The first-order valence-corrected chi connectivity index (χ1v) is 19.4. The fraction of sp³-hybridized carbons (Fsp3) is 0. The summed E-state index contributed by atoms with van der Waals surface area (Å²) in [5, 5.41) is 12.7. The summed E-state index contributed by atoms with van der Waals surface area (Å²) < 4.78 is 0. The van der Waals surface area contributed by atoms with Gasteiger partial charge in [-0.15, -0.1) is 0 Å². The van der Waals surface area contributed by atoms with Crippen LogP contribution in [0, 0.1) is 0 Å². The van der Waals surface area contributed by atoms with Gasteiger partial charge in [-0.3, -0.25) is 0 Å². The summed E-state index contributed by atoms with van der Waals surface area (Å²) in [4.78, 5) is 0. The molecule has 0 saturated carbocycles. The van der Waals surface area contributed by atoms with Gasteiger partial charge < -0.3 is 0 Å². The number of benzene rings is 11. The lowest BCUT2D eigenvalue weighted by molar-refractivity contribution is 1.59. The van der Waals surface area contributed by atoms with Crippen molar-refractivity contribution in [2.24, 2.45) is 0 Å². The van der Waals surface area contributed by atoms with Crippen LogP contribution in [-0.4, -0.2) is 0 Å². The van der Waals surface area contributed by atoms with Crippen LogP contribution in [-0.2, 0) is 0 Å². The minimum absolute atomic E-state index is 1.21. The predicted octanol–water partition coefficient (Wildman–Crippen LogP) is 15.8. The minimum atomic E-state index is 1.21. The Labute approximate surface area is 326 Å². The first-order valence-electron chi connectivity index (χ1n) is 19.4. The van der Waals surface area contributed by atoms with Crippen molar-refractivity contribution in [3.8, 4) is 55.6 Å². The average Bonchev–Trinajstić information content (AvgIpc) is 3.28. The molecule has 0 aliphatic carbocycles. The van der Waals surface area contributed by atoms with Gasteiger partial charge in [-0.1, -0.05) is 206 Å². The third-order valence-electron chi connectivity index (χ3n) is 11.7. The van der Waals surface area contributed by atoms with Crippen LogP contribution in [0.3, 0.4) is 0 Å². The van der Waals surface area contributed by atoms with E-state index >= 15 is 0 Å². The molecule has 0 fully saturated rings. The molecule has 0 heterocycles. The molecule has 11 aromatic rings. The van der Waals surface area contributed by atoms with Gasteiger partial charge in [0.25, 0.3) is 0 Å². The zero-order valence-corrected chi connectivity index (χ0v) is 30.8. The van der Waals surface area contributed by atoms with Crippen LogP contribution in [0.1, 0.15) is 0 Å². The number of rotatable bonds is 5. The fourth-order valence-electron chi connectivity index (χ4n) is 8.94. The third kappa shape index (κ3) is 5.38. The van der Waals surface area contributed by atoms with Crippen LogP contribution in [0.4, 0.5) is 0 Å². The smallest absolute Gasteiger partial charge is 0.00262 e. The highest BCUT2D eigenvalue weighted by Gasteiger charge is 2.17.